The molecule has 9 aromatic carbocycles. The lowest BCUT2D eigenvalue weighted by Gasteiger charge is -2.27. The highest BCUT2D eigenvalue weighted by molar-refractivity contribution is 5.98. The fourth-order valence-corrected chi connectivity index (χ4v) is 8.71. The van der Waals surface area contributed by atoms with Gasteiger partial charge in [0.05, 0.1) is 0 Å². The zero-order chi connectivity index (χ0) is 36.2. The second-order valence-electron chi connectivity index (χ2n) is 15.0. The van der Waals surface area contributed by atoms with Gasteiger partial charge in [0.25, 0.3) is 0 Å². The summed E-state index contributed by atoms with van der Waals surface area (Å²) >= 11 is 0. The van der Waals surface area contributed by atoms with Crippen LogP contribution in [0, 0.1) is 0 Å². The maximum Gasteiger partial charge on any atom is 0.0468 e. The van der Waals surface area contributed by atoms with Crippen molar-refractivity contribution < 1.29 is 0 Å². The van der Waals surface area contributed by atoms with Crippen molar-refractivity contribution in [3.8, 4) is 44.5 Å². The zero-order valence-corrected chi connectivity index (χ0v) is 30.5. The summed E-state index contributed by atoms with van der Waals surface area (Å²) in [6, 6.07) is 73.4. The Labute approximate surface area is 317 Å². The lowest BCUT2D eigenvalue weighted by molar-refractivity contribution is 0.660. The number of nitrogens with zero attached hydrogens (tertiary/aromatic N) is 1. The van der Waals surface area contributed by atoms with E-state index in [1.807, 2.05) is 0 Å². The molecule has 0 bridgehead atoms. The van der Waals surface area contributed by atoms with Crippen molar-refractivity contribution in [2.24, 2.45) is 0 Å². The van der Waals surface area contributed by atoms with E-state index < -0.39 is 0 Å². The fraction of sp³-hybridized carbons (Fsp3) is 0.0566. The summed E-state index contributed by atoms with van der Waals surface area (Å²) in [5.41, 5.74) is 16.1. The summed E-state index contributed by atoms with van der Waals surface area (Å²) in [6.07, 6.45) is 0. The average Bonchev–Trinajstić information content (AvgIpc) is 3.46. The Balaban J connectivity index is 1.06. The normalized spacial score (nSPS) is 12.8. The van der Waals surface area contributed by atoms with E-state index in [0.29, 0.717) is 0 Å². The zero-order valence-electron chi connectivity index (χ0n) is 30.5. The first-order valence-corrected chi connectivity index (χ1v) is 18.8. The number of rotatable bonds is 6. The molecule has 0 aliphatic heterocycles. The molecule has 0 spiro atoms. The molecule has 0 N–H and O–H groups in total. The first-order chi connectivity index (χ1) is 26.5. The first kappa shape index (κ1) is 32.0. The van der Waals surface area contributed by atoms with Crippen LogP contribution in [0.3, 0.4) is 0 Å². The van der Waals surface area contributed by atoms with Crippen molar-refractivity contribution in [2.45, 2.75) is 19.3 Å². The van der Waals surface area contributed by atoms with E-state index >= 15 is 0 Å². The minimum absolute atomic E-state index is 0.0440. The van der Waals surface area contributed by atoms with Gasteiger partial charge < -0.3 is 4.90 Å². The third-order valence-corrected chi connectivity index (χ3v) is 11.5. The van der Waals surface area contributed by atoms with Gasteiger partial charge in [-0.2, -0.15) is 0 Å². The molecule has 0 saturated heterocycles. The van der Waals surface area contributed by atoms with E-state index in [9.17, 15) is 0 Å². The lowest BCUT2D eigenvalue weighted by atomic mass is 9.82. The smallest absolute Gasteiger partial charge is 0.0468 e. The molecule has 0 saturated carbocycles. The molecule has 0 aromatic heterocycles. The summed E-state index contributed by atoms with van der Waals surface area (Å²) in [5.74, 6) is 0. The molecule has 0 amide bonds. The molecule has 256 valence electrons. The topological polar surface area (TPSA) is 3.24 Å². The summed E-state index contributed by atoms with van der Waals surface area (Å²) in [5, 5.41) is 5.05. The Morgan fingerprint density at radius 3 is 1.48 bits per heavy atom. The van der Waals surface area contributed by atoms with Gasteiger partial charge in [0.15, 0.2) is 0 Å². The SMILES string of the molecule is CC1(C)c2ccccc2-c2cc(N(c3ccc(-c4cccc(-c5cccc6ccccc56)c4)cc3)c3ccc(-c4cccc5ccccc45)cc3)ccc21. The van der Waals surface area contributed by atoms with Gasteiger partial charge in [0, 0.05) is 22.5 Å². The van der Waals surface area contributed by atoms with Crippen molar-refractivity contribution in [3.63, 3.8) is 0 Å². The lowest BCUT2D eigenvalue weighted by Crippen LogP contribution is -2.15. The van der Waals surface area contributed by atoms with E-state index in [1.54, 1.807) is 0 Å². The van der Waals surface area contributed by atoms with Crippen LogP contribution in [-0.4, -0.2) is 0 Å². The van der Waals surface area contributed by atoms with Crippen LogP contribution in [0.25, 0.3) is 66.1 Å². The molecule has 10 rings (SSSR count). The van der Waals surface area contributed by atoms with Crippen LogP contribution >= 0.6 is 0 Å². The Hall–Kier alpha value is -6.70. The van der Waals surface area contributed by atoms with E-state index in [1.165, 1.54) is 77.2 Å². The molecule has 54 heavy (non-hydrogen) atoms. The Morgan fingerprint density at radius 2 is 0.796 bits per heavy atom. The molecule has 1 aliphatic rings. The second kappa shape index (κ2) is 12.8. The van der Waals surface area contributed by atoms with E-state index in [0.717, 1.165) is 17.1 Å². The van der Waals surface area contributed by atoms with E-state index in [-0.39, 0.29) is 5.41 Å². The van der Waals surface area contributed by atoms with Gasteiger partial charge in [0.1, 0.15) is 0 Å². The predicted molar refractivity (Wildman–Crippen MR) is 230 cm³/mol. The van der Waals surface area contributed by atoms with Crippen LogP contribution in [0.5, 0.6) is 0 Å². The van der Waals surface area contributed by atoms with Crippen LogP contribution < -0.4 is 4.90 Å². The van der Waals surface area contributed by atoms with Crippen LogP contribution in [-0.2, 0) is 5.41 Å². The highest BCUT2D eigenvalue weighted by Crippen LogP contribution is 2.50. The molecule has 0 atom stereocenters. The predicted octanol–water partition coefficient (Wildman–Crippen LogP) is 14.8. The number of hydrogen-bond acceptors (Lipinski definition) is 1. The van der Waals surface area contributed by atoms with Crippen LogP contribution in [0.15, 0.2) is 200 Å². The Morgan fingerprint density at radius 1 is 0.315 bits per heavy atom. The summed E-state index contributed by atoms with van der Waals surface area (Å²) in [7, 11) is 0. The van der Waals surface area contributed by atoms with Crippen LogP contribution in [0.2, 0.25) is 0 Å². The fourth-order valence-electron chi connectivity index (χ4n) is 8.71. The van der Waals surface area contributed by atoms with E-state index in [4.69, 9.17) is 0 Å². The molecule has 0 fully saturated rings. The van der Waals surface area contributed by atoms with Gasteiger partial charge >= 0.3 is 0 Å². The second-order valence-corrected chi connectivity index (χ2v) is 15.0. The quantitative estimate of drug-likeness (QED) is 0.168. The maximum atomic E-state index is 2.40. The Bertz CT molecular complexity index is 2830. The molecule has 0 unspecified atom stereocenters. The Kier molecular flexibility index (Phi) is 7.56. The number of hydrogen-bond donors (Lipinski definition) is 0. The average molecular weight is 690 g/mol. The largest absolute Gasteiger partial charge is 0.310 e. The molecular formula is C53H39N. The number of fused-ring (bicyclic) bond motifs is 5. The van der Waals surface area contributed by atoms with Gasteiger partial charge in [-0.05, 0) is 120 Å². The standard InChI is InChI=1S/C53H39N/c1-53(2)51-23-8-7-20-49(51)50-35-44(32-33-52(50)53)54(43-30-26-39(27-31-43)47-21-10-14-37-12-3-5-18-45(37)47)42-28-24-36(25-29-42)40-16-9-17-41(34-40)48-22-11-15-38-13-4-6-19-46(38)48/h3-35H,1-2H3. The third kappa shape index (κ3) is 5.32. The highest BCUT2D eigenvalue weighted by atomic mass is 15.1. The number of anilines is 3. The molecule has 0 heterocycles. The van der Waals surface area contributed by atoms with Crippen LogP contribution in [0.4, 0.5) is 17.1 Å². The number of benzene rings is 9. The molecule has 1 heteroatoms. The van der Waals surface area contributed by atoms with Crippen molar-refractivity contribution in [3.05, 3.63) is 211 Å². The van der Waals surface area contributed by atoms with Crippen molar-refractivity contribution in [1.82, 2.24) is 0 Å². The molecule has 9 aromatic rings. The summed E-state index contributed by atoms with van der Waals surface area (Å²) in [4.78, 5) is 2.40. The molecule has 0 radical (unpaired) electrons. The summed E-state index contributed by atoms with van der Waals surface area (Å²) in [6.45, 7) is 4.68. The third-order valence-electron chi connectivity index (χ3n) is 11.5. The van der Waals surface area contributed by atoms with Crippen LogP contribution in [0.1, 0.15) is 25.0 Å². The van der Waals surface area contributed by atoms with Gasteiger partial charge in [-0.25, -0.2) is 0 Å². The van der Waals surface area contributed by atoms with Crippen molar-refractivity contribution >= 4 is 38.6 Å². The van der Waals surface area contributed by atoms with Gasteiger partial charge in [-0.15, -0.1) is 0 Å². The van der Waals surface area contributed by atoms with Crippen molar-refractivity contribution in [2.75, 3.05) is 4.90 Å². The van der Waals surface area contributed by atoms with Gasteiger partial charge in [-0.1, -0.05) is 172 Å². The molecule has 1 aliphatic carbocycles. The van der Waals surface area contributed by atoms with Crippen molar-refractivity contribution in [1.29, 1.82) is 0 Å². The highest BCUT2D eigenvalue weighted by Gasteiger charge is 2.35. The minimum Gasteiger partial charge on any atom is -0.310 e. The molecular weight excluding hydrogens is 651 g/mol. The summed E-state index contributed by atoms with van der Waals surface area (Å²) < 4.78 is 0. The van der Waals surface area contributed by atoms with E-state index in [2.05, 4.69) is 219 Å². The monoisotopic (exact) mass is 689 g/mol. The van der Waals surface area contributed by atoms with Gasteiger partial charge in [-0.3, -0.25) is 0 Å². The maximum absolute atomic E-state index is 2.40. The first-order valence-electron chi connectivity index (χ1n) is 18.8. The van der Waals surface area contributed by atoms with Gasteiger partial charge in [0.2, 0.25) is 0 Å². The molecule has 1 nitrogen and oxygen atoms in total. The minimum atomic E-state index is -0.0440.